The molecule has 78 valence electrons. The van der Waals surface area contributed by atoms with Gasteiger partial charge in [0.25, 0.3) is 0 Å². The number of hydrogen-bond acceptors (Lipinski definition) is 4. The summed E-state index contributed by atoms with van der Waals surface area (Å²) in [5.74, 6) is -0.147. The molecule has 1 saturated heterocycles. The molecule has 1 unspecified atom stereocenters. The highest BCUT2D eigenvalue weighted by molar-refractivity contribution is 4.88. The second kappa shape index (κ2) is 3.53. The number of hydrogen-bond donors (Lipinski definition) is 3. The van der Waals surface area contributed by atoms with Crippen molar-refractivity contribution in [2.24, 2.45) is 11.3 Å². The largest absolute Gasteiger partial charge is 0.390 e. The Morgan fingerprint density at radius 1 is 1.08 bits per heavy atom. The summed E-state index contributed by atoms with van der Waals surface area (Å²) < 4.78 is 4.95. The van der Waals surface area contributed by atoms with E-state index in [-0.39, 0.29) is 17.9 Å². The van der Waals surface area contributed by atoms with Crippen molar-refractivity contribution in [2.75, 3.05) is 6.61 Å². The molecule has 1 rings (SSSR count). The molecule has 0 saturated carbocycles. The number of aliphatic hydroxyl groups excluding tert-OH is 3. The highest BCUT2D eigenvalue weighted by Gasteiger charge is 2.42. The van der Waals surface area contributed by atoms with E-state index < -0.39 is 18.5 Å². The summed E-state index contributed by atoms with van der Waals surface area (Å²) in [6.07, 6.45) is -3.37. The molecule has 4 heteroatoms. The summed E-state index contributed by atoms with van der Waals surface area (Å²) in [7, 11) is 0. The minimum atomic E-state index is -1.26. The van der Waals surface area contributed by atoms with Gasteiger partial charge in [0.1, 0.15) is 6.10 Å². The van der Waals surface area contributed by atoms with Crippen molar-refractivity contribution < 1.29 is 20.1 Å². The minimum absolute atomic E-state index is 0.138. The standard InChI is InChI=1S/C9H18O4/c1-9(2,3)5-4-13-8(12)7(11)6(5)10/h5-8,10-12H,4H2,1-3H3/t5-,6?,7-,8-/m1/s1. The summed E-state index contributed by atoms with van der Waals surface area (Å²) in [5, 5.41) is 28.1. The van der Waals surface area contributed by atoms with E-state index in [1.54, 1.807) is 0 Å². The van der Waals surface area contributed by atoms with Gasteiger partial charge in [0.2, 0.25) is 0 Å². The third kappa shape index (κ3) is 2.20. The zero-order valence-electron chi connectivity index (χ0n) is 8.27. The van der Waals surface area contributed by atoms with Crippen LogP contribution in [0.3, 0.4) is 0 Å². The Morgan fingerprint density at radius 2 is 1.62 bits per heavy atom. The predicted molar refractivity (Wildman–Crippen MR) is 46.9 cm³/mol. The average molecular weight is 190 g/mol. The van der Waals surface area contributed by atoms with Crippen LogP contribution in [0, 0.1) is 11.3 Å². The van der Waals surface area contributed by atoms with E-state index in [1.807, 2.05) is 20.8 Å². The minimum Gasteiger partial charge on any atom is -0.390 e. The molecule has 1 aliphatic heterocycles. The monoisotopic (exact) mass is 190 g/mol. The first-order valence-electron chi connectivity index (χ1n) is 4.50. The number of rotatable bonds is 0. The van der Waals surface area contributed by atoms with E-state index >= 15 is 0 Å². The van der Waals surface area contributed by atoms with Gasteiger partial charge in [-0.3, -0.25) is 0 Å². The fraction of sp³-hybridized carbons (Fsp3) is 1.00. The first-order chi connectivity index (χ1) is 5.84. The molecule has 1 aliphatic rings. The van der Waals surface area contributed by atoms with Crippen LogP contribution in [0.1, 0.15) is 20.8 Å². The Labute approximate surface area is 78.1 Å². The zero-order valence-corrected chi connectivity index (χ0v) is 8.27. The van der Waals surface area contributed by atoms with Crippen LogP contribution in [0.5, 0.6) is 0 Å². The van der Waals surface area contributed by atoms with Crippen molar-refractivity contribution in [3.05, 3.63) is 0 Å². The summed E-state index contributed by atoms with van der Waals surface area (Å²) >= 11 is 0. The van der Waals surface area contributed by atoms with Gasteiger partial charge in [-0.1, -0.05) is 20.8 Å². The topological polar surface area (TPSA) is 69.9 Å². The molecule has 0 radical (unpaired) electrons. The Balaban J connectivity index is 2.70. The summed E-state index contributed by atoms with van der Waals surface area (Å²) in [6.45, 7) is 6.18. The van der Waals surface area contributed by atoms with Gasteiger partial charge in [0.05, 0.1) is 12.7 Å². The molecule has 0 aliphatic carbocycles. The zero-order chi connectivity index (χ0) is 10.2. The SMILES string of the molecule is CC(C)(C)[C@@H]1CO[C@@H](O)[C@H](O)C1O. The normalized spacial score (nSPS) is 42.0. The molecule has 1 fully saturated rings. The molecule has 1 heterocycles. The Morgan fingerprint density at radius 3 is 2.08 bits per heavy atom. The maximum absolute atomic E-state index is 9.65. The lowest BCUT2D eigenvalue weighted by Crippen LogP contribution is -2.53. The van der Waals surface area contributed by atoms with Crippen LogP contribution in [0.15, 0.2) is 0 Å². The highest BCUT2D eigenvalue weighted by atomic mass is 16.6. The van der Waals surface area contributed by atoms with Gasteiger partial charge in [-0.25, -0.2) is 0 Å². The van der Waals surface area contributed by atoms with Gasteiger partial charge in [0, 0.05) is 5.92 Å². The van der Waals surface area contributed by atoms with E-state index in [1.165, 1.54) is 0 Å². The molecular formula is C9H18O4. The van der Waals surface area contributed by atoms with Crippen LogP contribution in [-0.2, 0) is 4.74 Å². The van der Waals surface area contributed by atoms with Crippen molar-refractivity contribution in [3.63, 3.8) is 0 Å². The molecule has 3 N–H and O–H groups in total. The van der Waals surface area contributed by atoms with Crippen LogP contribution < -0.4 is 0 Å². The van der Waals surface area contributed by atoms with Crippen LogP contribution in [0.25, 0.3) is 0 Å². The maximum atomic E-state index is 9.65. The summed E-state index contributed by atoms with van der Waals surface area (Å²) in [5.41, 5.74) is -0.138. The molecule has 0 aromatic rings. The maximum Gasteiger partial charge on any atom is 0.183 e. The Bertz CT molecular complexity index is 175. The molecule has 0 bridgehead atoms. The fourth-order valence-electron chi connectivity index (χ4n) is 1.57. The van der Waals surface area contributed by atoms with Crippen LogP contribution >= 0.6 is 0 Å². The summed E-state index contributed by atoms with van der Waals surface area (Å²) in [6, 6.07) is 0. The molecule has 0 spiro atoms. The van der Waals surface area contributed by atoms with E-state index in [0.29, 0.717) is 0 Å². The van der Waals surface area contributed by atoms with E-state index in [0.717, 1.165) is 0 Å². The second-order valence-corrected chi connectivity index (χ2v) is 4.68. The molecular weight excluding hydrogens is 172 g/mol. The van der Waals surface area contributed by atoms with Gasteiger partial charge in [-0.15, -0.1) is 0 Å². The van der Waals surface area contributed by atoms with Crippen LogP contribution in [-0.4, -0.2) is 40.4 Å². The lowest BCUT2D eigenvalue weighted by molar-refractivity contribution is -0.251. The van der Waals surface area contributed by atoms with Crippen molar-refractivity contribution in [2.45, 2.75) is 39.3 Å². The van der Waals surface area contributed by atoms with Crippen molar-refractivity contribution in [1.82, 2.24) is 0 Å². The smallest absolute Gasteiger partial charge is 0.183 e. The highest BCUT2D eigenvalue weighted by Crippen LogP contribution is 2.33. The van der Waals surface area contributed by atoms with Gasteiger partial charge in [-0.2, -0.15) is 0 Å². The fourth-order valence-corrected chi connectivity index (χ4v) is 1.57. The average Bonchev–Trinajstić information content (AvgIpc) is 1.98. The van der Waals surface area contributed by atoms with Crippen LogP contribution in [0.4, 0.5) is 0 Å². The van der Waals surface area contributed by atoms with Crippen molar-refractivity contribution >= 4 is 0 Å². The molecule has 13 heavy (non-hydrogen) atoms. The van der Waals surface area contributed by atoms with E-state index in [2.05, 4.69) is 0 Å². The molecule has 4 atom stereocenters. The number of aliphatic hydroxyl groups is 3. The van der Waals surface area contributed by atoms with Gasteiger partial charge in [0.15, 0.2) is 6.29 Å². The second-order valence-electron chi connectivity index (χ2n) is 4.68. The molecule has 0 aromatic heterocycles. The molecule has 0 aromatic carbocycles. The first kappa shape index (κ1) is 10.9. The molecule has 4 nitrogen and oxygen atoms in total. The predicted octanol–water partition coefficient (Wildman–Crippen LogP) is -0.281. The Kier molecular flexibility index (Phi) is 2.97. The number of ether oxygens (including phenoxy) is 1. The van der Waals surface area contributed by atoms with Crippen molar-refractivity contribution in [3.8, 4) is 0 Å². The van der Waals surface area contributed by atoms with Gasteiger partial charge < -0.3 is 20.1 Å². The lowest BCUT2D eigenvalue weighted by atomic mass is 9.75. The third-order valence-electron chi connectivity index (χ3n) is 2.61. The summed E-state index contributed by atoms with van der Waals surface area (Å²) in [4.78, 5) is 0. The Hall–Kier alpha value is -0.160. The quantitative estimate of drug-likeness (QED) is 0.491. The first-order valence-corrected chi connectivity index (χ1v) is 4.50. The lowest BCUT2D eigenvalue weighted by Gasteiger charge is -2.41. The van der Waals surface area contributed by atoms with Crippen molar-refractivity contribution in [1.29, 1.82) is 0 Å². The van der Waals surface area contributed by atoms with Gasteiger partial charge in [-0.05, 0) is 5.41 Å². The van der Waals surface area contributed by atoms with Gasteiger partial charge >= 0.3 is 0 Å². The molecule has 0 amide bonds. The van der Waals surface area contributed by atoms with E-state index in [4.69, 9.17) is 9.84 Å². The third-order valence-corrected chi connectivity index (χ3v) is 2.61. The van der Waals surface area contributed by atoms with Crippen LogP contribution in [0.2, 0.25) is 0 Å². The van der Waals surface area contributed by atoms with E-state index in [9.17, 15) is 10.2 Å².